The Kier molecular flexibility index (Phi) is 2.83. The number of carbonyl (C=O) groups is 1. The third-order valence-corrected chi connectivity index (χ3v) is 3.46. The Morgan fingerprint density at radius 2 is 2.21 bits per heavy atom. The Balaban J connectivity index is 2.29. The summed E-state index contributed by atoms with van der Waals surface area (Å²) in [6.07, 6.45) is 0. The second kappa shape index (κ2) is 4.51. The summed E-state index contributed by atoms with van der Waals surface area (Å²) in [6.45, 7) is 1.85. The predicted molar refractivity (Wildman–Crippen MR) is 73.4 cm³/mol. The highest BCUT2D eigenvalue weighted by atomic mass is 32.1. The molecule has 0 aliphatic carbocycles. The molecule has 1 aromatic carbocycles. The van der Waals surface area contributed by atoms with Crippen LogP contribution in [-0.2, 0) is 4.74 Å². The van der Waals surface area contributed by atoms with E-state index in [0.717, 1.165) is 22.4 Å². The lowest BCUT2D eigenvalue weighted by atomic mass is 10.1. The number of aromatic nitrogens is 1. The first-order valence-corrected chi connectivity index (χ1v) is 6.64. The standard InChI is InChI=1S/C14H11NO3S/c1-8-3-10-4-9(12-6-19-7-15-12)5-11(13(10)18-8)14(16)17-2/h3-7H,1-2H3. The number of furan rings is 1. The van der Waals surface area contributed by atoms with E-state index in [0.29, 0.717) is 11.1 Å². The number of ether oxygens (including phenoxy) is 1. The maximum Gasteiger partial charge on any atom is 0.341 e. The van der Waals surface area contributed by atoms with Crippen LogP contribution in [0.3, 0.4) is 0 Å². The summed E-state index contributed by atoms with van der Waals surface area (Å²) in [5.74, 6) is 0.354. The Labute approximate surface area is 113 Å². The van der Waals surface area contributed by atoms with Gasteiger partial charge in [0.2, 0.25) is 0 Å². The molecular formula is C14H11NO3S. The lowest BCUT2D eigenvalue weighted by molar-refractivity contribution is 0.0602. The molecule has 0 aliphatic rings. The average Bonchev–Trinajstić information content (AvgIpc) is 3.03. The maximum absolute atomic E-state index is 11.9. The SMILES string of the molecule is COC(=O)c1cc(-c2cscn2)cc2cc(C)oc12. The Hall–Kier alpha value is -2.14. The van der Waals surface area contributed by atoms with Crippen LogP contribution in [0.2, 0.25) is 0 Å². The number of carbonyl (C=O) groups excluding carboxylic acids is 1. The predicted octanol–water partition coefficient (Wildman–Crippen LogP) is 3.65. The fourth-order valence-corrected chi connectivity index (χ4v) is 2.61. The number of fused-ring (bicyclic) bond motifs is 1. The molecule has 0 atom stereocenters. The largest absolute Gasteiger partial charge is 0.465 e. The molecule has 0 spiro atoms. The molecule has 0 unspecified atom stereocenters. The molecule has 0 fully saturated rings. The van der Waals surface area contributed by atoms with Gasteiger partial charge in [-0.3, -0.25) is 0 Å². The smallest absolute Gasteiger partial charge is 0.341 e. The molecule has 0 bridgehead atoms. The van der Waals surface area contributed by atoms with E-state index in [4.69, 9.17) is 9.15 Å². The van der Waals surface area contributed by atoms with E-state index in [1.165, 1.54) is 18.4 Å². The van der Waals surface area contributed by atoms with E-state index in [9.17, 15) is 4.79 Å². The molecular weight excluding hydrogens is 262 g/mol. The summed E-state index contributed by atoms with van der Waals surface area (Å²) in [7, 11) is 1.36. The number of hydrogen-bond acceptors (Lipinski definition) is 5. The van der Waals surface area contributed by atoms with Crippen LogP contribution in [0.5, 0.6) is 0 Å². The van der Waals surface area contributed by atoms with Crippen molar-refractivity contribution in [2.45, 2.75) is 6.92 Å². The van der Waals surface area contributed by atoms with Crippen molar-refractivity contribution in [3.63, 3.8) is 0 Å². The number of rotatable bonds is 2. The van der Waals surface area contributed by atoms with Crippen LogP contribution in [0.15, 0.2) is 33.5 Å². The highest BCUT2D eigenvalue weighted by Crippen LogP contribution is 2.30. The third-order valence-electron chi connectivity index (χ3n) is 2.87. The number of esters is 1. The van der Waals surface area contributed by atoms with Crippen LogP contribution in [0.1, 0.15) is 16.1 Å². The van der Waals surface area contributed by atoms with Gasteiger partial charge in [-0.05, 0) is 25.1 Å². The van der Waals surface area contributed by atoms with Gasteiger partial charge in [0, 0.05) is 16.3 Å². The van der Waals surface area contributed by atoms with Crippen LogP contribution >= 0.6 is 11.3 Å². The van der Waals surface area contributed by atoms with E-state index < -0.39 is 5.97 Å². The van der Waals surface area contributed by atoms with Gasteiger partial charge < -0.3 is 9.15 Å². The summed E-state index contributed by atoms with van der Waals surface area (Å²) in [5.41, 5.74) is 4.48. The average molecular weight is 273 g/mol. The minimum absolute atomic E-state index is 0.406. The first kappa shape index (κ1) is 11.9. The van der Waals surface area contributed by atoms with Crippen LogP contribution < -0.4 is 0 Å². The molecule has 2 heterocycles. The monoisotopic (exact) mass is 273 g/mol. The lowest BCUT2D eigenvalue weighted by Gasteiger charge is -2.03. The van der Waals surface area contributed by atoms with Gasteiger partial charge in [0.15, 0.2) is 0 Å². The van der Waals surface area contributed by atoms with Gasteiger partial charge in [-0.2, -0.15) is 0 Å². The number of nitrogens with zero attached hydrogens (tertiary/aromatic N) is 1. The zero-order valence-electron chi connectivity index (χ0n) is 10.5. The van der Waals surface area contributed by atoms with Crippen molar-refractivity contribution in [2.24, 2.45) is 0 Å². The molecule has 5 heteroatoms. The van der Waals surface area contributed by atoms with Crippen molar-refractivity contribution in [3.8, 4) is 11.3 Å². The fourth-order valence-electron chi connectivity index (χ4n) is 2.05. The van der Waals surface area contributed by atoms with Crippen LogP contribution in [0, 0.1) is 6.92 Å². The summed E-state index contributed by atoms with van der Waals surface area (Å²) in [6, 6.07) is 5.62. The Bertz CT molecular complexity index is 743. The summed E-state index contributed by atoms with van der Waals surface area (Å²) in [5, 5.41) is 2.82. The fraction of sp³-hybridized carbons (Fsp3) is 0.143. The van der Waals surface area contributed by atoms with E-state index in [1.54, 1.807) is 11.6 Å². The second-order valence-corrected chi connectivity index (χ2v) is 4.88. The Morgan fingerprint density at radius 3 is 2.89 bits per heavy atom. The second-order valence-electron chi connectivity index (χ2n) is 4.16. The molecule has 3 rings (SSSR count). The molecule has 0 radical (unpaired) electrons. The molecule has 0 saturated carbocycles. The normalized spacial score (nSPS) is 10.8. The molecule has 96 valence electrons. The van der Waals surface area contributed by atoms with Gasteiger partial charge in [0.25, 0.3) is 0 Å². The van der Waals surface area contributed by atoms with Crippen LogP contribution in [-0.4, -0.2) is 18.1 Å². The van der Waals surface area contributed by atoms with Gasteiger partial charge in [0.05, 0.1) is 18.3 Å². The molecule has 2 aromatic heterocycles. The lowest BCUT2D eigenvalue weighted by Crippen LogP contribution is -2.01. The zero-order chi connectivity index (χ0) is 13.4. The van der Waals surface area contributed by atoms with Crippen molar-refractivity contribution < 1.29 is 13.9 Å². The minimum atomic E-state index is -0.406. The number of methoxy groups -OCH3 is 1. The zero-order valence-corrected chi connectivity index (χ0v) is 11.3. The molecule has 4 nitrogen and oxygen atoms in total. The molecule has 0 amide bonds. The van der Waals surface area contributed by atoms with Crippen molar-refractivity contribution in [1.82, 2.24) is 4.98 Å². The van der Waals surface area contributed by atoms with E-state index in [-0.39, 0.29) is 0 Å². The van der Waals surface area contributed by atoms with Gasteiger partial charge in [-0.1, -0.05) is 0 Å². The first-order chi connectivity index (χ1) is 9.19. The molecule has 0 aliphatic heterocycles. The molecule has 0 saturated heterocycles. The summed E-state index contributed by atoms with van der Waals surface area (Å²) < 4.78 is 10.4. The number of thiazole rings is 1. The highest BCUT2D eigenvalue weighted by Gasteiger charge is 2.17. The number of benzene rings is 1. The molecule has 3 aromatic rings. The van der Waals surface area contributed by atoms with Crippen molar-refractivity contribution in [1.29, 1.82) is 0 Å². The quantitative estimate of drug-likeness (QED) is 0.669. The number of hydrogen-bond donors (Lipinski definition) is 0. The molecule has 19 heavy (non-hydrogen) atoms. The number of aryl methyl sites for hydroxylation is 1. The molecule has 0 N–H and O–H groups in total. The van der Waals surface area contributed by atoms with Crippen molar-refractivity contribution >= 4 is 28.3 Å². The van der Waals surface area contributed by atoms with Gasteiger partial charge in [-0.15, -0.1) is 11.3 Å². The minimum Gasteiger partial charge on any atom is -0.465 e. The van der Waals surface area contributed by atoms with Gasteiger partial charge in [-0.25, -0.2) is 9.78 Å². The first-order valence-electron chi connectivity index (χ1n) is 5.70. The van der Waals surface area contributed by atoms with E-state index in [2.05, 4.69) is 4.98 Å². The van der Waals surface area contributed by atoms with Gasteiger partial charge in [0.1, 0.15) is 16.9 Å². The van der Waals surface area contributed by atoms with E-state index in [1.807, 2.05) is 24.4 Å². The third kappa shape index (κ3) is 2.02. The van der Waals surface area contributed by atoms with E-state index >= 15 is 0 Å². The van der Waals surface area contributed by atoms with Crippen LogP contribution in [0.25, 0.3) is 22.2 Å². The topological polar surface area (TPSA) is 52.3 Å². The Morgan fingerprint density at radius 1 is 1.37 bits per heavy atom. The maximum atomic E-state index is 11.9. The van der Waals surface area contributed by atoms with Crippen LogP contribution in [0.4, 0.5) is 0 Å². The summed E-state index contributed by atoms with van der Waals surface area (Å²) >= 11 is 1.51. The van der Waals surface area contributed by atoms with Gasteiger partial charge >= 0.3 is 5.97 Å². The van der Waals surface area contributed by atoms with Crippen molar-refractivity contribution in [3.05, 3.63) is 40.4 Å². The summed E-state index contributed by atoms with van der Waals surface area (Å²) in [4.78, 5) is 16.1. The van der Waals surface area contributed by atoms with Crippen molar-refractivity contribution in [2.75, 3.05) is 7.11 Å². The highest BCUT2D eigenvalue weighted by molar-refractivity contribution is 7.07.